The normalized spacial score (nSPS) is 17.0. The molecule has 27 heteroatoms. The zero-order chi connectivity index (χ0) is 78.2. The van der Waals surface area contributed by atoms with Gasteiger partial charge in [-0.05, 0) is 112 Å². The lowest BCUT2D eigenvalue weighted by Crippen LogP contribution is -2.20. The molecule has 108 heavy (non-hydrogen) atoms. The largest absolute Gasteiger partial charge is 0.497 e. The number of aldehydes is 1. The molecule has 6 aliphatic rings. The average Bonchev–Trinajstić information content (AvgIpc) is 1.60. The molecule has 0 saturated heterocycles. The molecule has 5 heterocycles. The van der Waals surface area contributed by atoms with Gasteiger partial charge in [-0.15, -0.1) is 0 Å². The highest BCUT2D eigenvalue weighted by Crippen LogP contribution is 2.42. The Morgan fingerprint density at radius 2 is 0.991 bits per heavy atom. The molecule has 0 spiro atoms. The first-order valence-corrected chi connectivity index (χ1v) is 38.7. The van der Waals surface area contributed by atoms with Crippen LogP contribution in [0.2, 0.25) is 0 Å². The van der Waals surface area contributed by atoms with E-state index in [9.17, 15) is 33.6 Å². The van der Waals surface area contributed by atoms with Gasteiger partial charge in [-0.25, -0.2) is 19.6 Å². The number of Topliss-reactive ketones (excluding diaryl/α,β-unsaturated/α-hetero) is 3. The number of benzene rings is 1. The van der Waals surface area contributed by atoms with Crippen molar-refractivity contribution in [2.24, 2.45) is 17.0 Å². The number of halogens is 1. The van der Waals surface area contributed by atoms with Gasteiger partial charge in [0.15, 0.2) is 11.6 Å². The van der Waals surface area contributed by atoms with Crippen molar-refractivity contribution in [3.05, 3.63) is 104 Å². The Labute approximate surface area is 639 Å². The standard InChI is InChI=1S/C24H28N4O5.C17H24N2O4.C14H19NO4.C12H17NO2.C7H12ClNO.C7H12O/c1-14-20(21(28-33-14)15-8-6-5-7-9-15)22-19(23(29)32-4)13-25-24(27-22)26-16-10-17(30-2)12-18(11-16)31-3;1-11-14(15(18-23-11)12-8-6-5-7-9-12)16(20)13(10-19(2)3)17(21)22-4;1-9-13(11(16)8-12(17)18-2)14(15-19-9)10-6-4-3-5-7-10;1-8(14)11-9(2)15-13-12(11)10-6-4-3-5-7-10;8-7(9-10)6-4-2-1-3-5-6;8-6-7-4-2-1-3-5-7/h10-13,15H,5-9H2,1-4H3,(H,25,26,27);10,12H,5-9H2,1-4H3;10H,3-8H2,1-2H3;10H,3-7H2,1-2H3;6,10H,1-5H2;6-7H,1-5H2/b;13-10-;;;9-7-;. The van der Waals surface area contributed by atoms with Crippen LogP contribution in [0.5, 0.6) is 11.5 Å². The van der Waals surface area contributed by atoms with E-state index in [1.165, 1.54) is 111 Å². The predicted molar refractivity (Wildman–Crippen MR) is 407 cm³/mol. The first kappa shape index (κ1) is 86.2. The fourth-order valence-electron chi connectivity index (χ4n) is 15.1. The second-order valence-electron chi connectivity index (χ2n) is 28.9. The van der Waals surface area contributed by atoms with Gasteiger partial charge in [0.25, 0.3) is 0 Å². The summed E-state index contributed by atoms with van der Waals surface area (Å²) in [6.45, 7) is 8.65. The molecule has 6 saturated carbocycles. The number of anilines is 2. The molecule has 2 N–H and O–H groups in total. The number of carbonyl (C=O) groups is 7. The number of nitrogens with one attached hydrogen (secondary N) is 1. The van der Waals surface area contributed by atoms with Crippen molar-refractivity contribution >= 4 is 70.0 Å². The number of hydrogen-bond acceptors (Lipinski definition) is 26. The Kier molecular flexibility index (Phi) is 35.4. The summed E-state index contributed by atoms with van der Waals surface area (Å²) in [5, 5.41) is 31.5. The minimum absolute atomic E-state index is 0.0131. The maximum Gasteiger partial charge on any atom is 0.343 e. The minimum Gasteiger partial charge on any atom is -0.497 e. The molecule has 0 amide bonds. The van der Waals surface area contributed by atoms with Crippen LogP contribution in [-0.2, 0) is 28.6 Å². The maximum atomic E-state index is 12.9. The number of methoxy groups -OCH3 is 5. The van der Waals surface area contributed by atoms with Gasteiger partial charge in [-0.3, -0.25) is 19.2 Å². The van der Waals surface area contributed by atoms with Gasteiger partial charge >= 0.3 is 17.9 Å². The molecule has 26 nitrogen and oxygen atoms in total. The number of oxime groups is 1. The molecule has 0 atom stereocenters. The Balaban J connectivity index is 0.000000191. The topological polar surface area (TPSA) is 343 Å². The Bertz CT molecular complexity index is 3920. The van der Waals surface area contributed by atoms with Crippen LogP contribution >= 0.6 is 11.6 Å². The summed E-state index contributed by atoms with van der Waals surface area (Å²) < 4.78 is 46.1. The summed E-state index contributed by atoms with van der Waals surface area (Å²) >= 11 is 5.64. The van der Waals surface area contributed by atoms with E-state index in [4.69, 9.17) is 58.8 Å². The number of hydrogen-bond donors (Lipinski definition) is 2. The highest BCUT2D eigenvalue weighted by atomic mass is 35.5. The van der Waals surface area contributed by atoms with Gasteiger partial charge in [-0.1, -0.05) is 153 Å². The highest BCUT2D eigenvalue weighted by Gasteiger charge is 2.35. The summed E-state index contributed by atoms with van der Waals surface area (Å²) in [5.41, 5.74) is 6.86. The molecule has 6 aromatic rings. The first-order chi connectivity index (χ1) is 52.1. The van der Waals surface area contributed by atoms with Crippen molar-refractivity contribution in [3.63, 3.8) is 0 Å². The SMILES string of the molecule is CC(=O)c1c(C2CCCCC2)noc1C.COC(=O)/C(=C\N(C)C)C(=O)c1c(C2CCCCC2)noc1C.COC(=O)CC(=O)c1c(C2CCCCC2)noc1C.COC(=O)c1cnc(Nc2cc(OC)cc(OC)c2)nc1-c1c(C2CCCCC2)noc1C.O/N=C(\Cl)C1CCCCC1.O=CC1CCCCC1. The summed E-state index contributed by atoms with van der Waals surface area (Å²) in [6, 6.07) is 5.38. The van der Waals surface area contributed by atoms with Gasteiger partial charge in [0.2, 0.25) is 11.7 Å². The van der Waals surface area contributed by atoms with E-state index in [-0.39, 0.29) is 52.7 Å². The Morgan fingerprint density at radius 1 is 0.565 bits per heavy atom. The summed E-state index contributed by atoms with van der Waals surface area (Å²) in [5.74, 6) is 3.46. The zero-order valence-corrected chi connectivity index (χ0v) is 66.0. The van der Waals surface area contributed by atoms with Crippen LogP contribution < -0.4 is 14.8 Å². The molecule has 1 aromatic carbocycles. The van der Waals surface area contributed by atoms with Gasteiger partial charge in [0.1, 0.15) is 63.6 Å². The van der Waals surface area contributed by atoms with E-state index in [1.807, 2.05) is 13.8 Å². The van der Waals surface area contributed by atoms with Crippen molar-refractivity contribution < 1.29 is 80.5 Å². The summed E-state index contributed by atoms with van der Waals surface area (Å²) in [6.07, 6.45) is 38.6. The van der Waals surface area contributed by atoms with E-state index in [1.54, 1.807) is 72.2 Å². The smallest absolute Gasteiger partial charge is 0.343 e. The Hall–Kier alpha value is -9.07. The maximum absolute atomic E-state index is 12.9. The number of nitrogens with zero attached hydrogens (tertiary/aromatic N) is 8. The molecule has 0 unspecified atom stereocenters. The van der Waals surface area contributed by atoms with Crippen LogP contribution in [0.1, 0.15) is 317 Å². The molecule has 5 aromatic heterocycles. The molecule has 12 rings (SSSR count). The summed E-state index contributed by atoms with van der Waals surface area (Å²) in [7, 11) is 10.5. The lowest BCUT2D eigenvalue weighted by molar-refractivity contribution is -0.139. The molecule has 6 aliphatic carbocycles. The Morgan fingerprint density at radius 3 is 1.42 bits per heavy atom. The summed E-state index contributed by atoms with van der Waals surface area (Å²) in [4.78, 5) is 93.2. The molecule has 590 valence electrons. The average molecular weight is 1520 g/mol. The monoisotopic (exact) mass is 1520 g/mol. The minimum atomic E-state index is -0.654. The molecular formula is C81H112ClN9O17. The van der Waals surface area contributed by atoms with Crippen LogP contribution in [0, 0.1) is 39.5 Å². The predicted octanol–water partition coefficient (Wildman–Crippen LogP) is 18.2. The van der Waals surface area contributed by atoms with E-state index < -0.39 is 17.9 Å². The quantitative estimate of drug-likeness (QED) is 0.00685. The van der Waals surface area contributed by atoms with Crippen LogP contribution in [0.3, 0.4) is 0 Å². The van der Waals surface area contributed by atoms with E-state index in [2.05, 4.69) is 40.8 Å². The van der Waals surface area contributed by atoms with Crippen LogP contribution in [0.25, 0.3) is 11.3 Å². The molecular weight excluding hydrogens is 1410 g/mol. The third kappa shape index (κ3) is 24.7. The third-order valence-corrected chi connectivity index (χ3v) is 21.3. The molecule has 6 fully saturated rings. The van der Waals surface area contributed by atoms with Gasteiger partial charge < -0.3 is 62.0 Å². The zero-order valence-electron chi connectivity index (χ0n) is 65.3. The fraction of sp³-hybridized carbons (Fsp3) is 0.605. The highest BCUT2D eigenvalue weighted by molar-refractivity contribution is 6.65. The van der Waals surface area contributed by atoms with Crippen LogP contribution in [0.15, 0.2) is 59.4 Å². The number of ketones is 3. The van der Waals surface area contributed by atoms with Gasteiger partial charge in [-0.2, -0.15) is 0 Å². The number of carbonyl (C=O) groups excluding carboxylic acids is 7. The third-order valence-electron chi connectivity index (χ3n) is 20.9. The second kappa shape index (κ2) is 44.4. The lowest BCUT2D eigenvalue weighted by Gasteiger charge is -2.20. The van der Waals surface area contributed by atoms with E-state index >= 15 is 0 Å². The number of rotatable bonds is 20. The van der Waals surface area contributed by atoms with Crippen LogP contribution in [-0.4, -0.2) is 137 Å². The number of esters is 3. The number of aromatic nitrogens is 6. The van der Waals surface area contributed by atoms with Gasteiger partial charge in [0.05, 0.1) is 86.3 Å². The van der Waals surface area contributed by atoms with Crippen molar-refractivity contribution in [1.29, 1.82) is 0 Å². The van der Waals surface area contributed by atoms with Crippen LogP contribution in [0.4, 0.5) is 11.6 Å². The van der Waals surface area contributed by atoms with E-state index in [0.29, 0.717) is 91.6 Å². The van der Waals surface area contributed by atoms with Gasteiger partial charge in [0, 0.05) is 85.9 Å². The van der Waals surface area contributed by atoms with E-state index in [0.717, 1.165) is 150 Å². The fourth-order valence-corrected chi connectivity index (χ4v) is 15.3. The second-order valence-corrected chi connectivity index (χ2v) is 29.2. The first-order valence-electron chi connectivity index (χ1n) is 38.3. The molecule has 0 radical (unpaired) electrons. The number of aryl methyl sites for hydroxylation is 4. The number of ether oxygens (including phenoxy) is 5. The molecule has 0 aliphatic heterocycles. The molecule has 0 bridgehead atoms. The van der Waals surface area contributed by atoms with Crippen molar-refractivity contribution in [3.8, 4) is 22.8 Å². The lowest BCUT2D eigenvalue weighted by atomic mass is 9.84. The van der Waals surface area contributed by atoms with Crippen molar-refractivity contribution in [2.75, 3.05) is 55.0 Å². The van der Waals surface area contributed by atoms with Crippen molar-refractivity contribution in [1.82, 2.24) is 35.5 Å². The van der Waals surface area contributed by atoms with Crippen molar-refractivity contribution in [2.45, 2.75) is 257 Å².